The third-order valence-electron chi connectivity index (χ3n) is 5.05. The summed E-state index contributed by atoms with van der Waals surface area (Å²) >= 11 is 0. The molecule has 3 aromatic rings. The topological polar surface area (TPSA) is 75.7 Å². The van der Waals surface area contributed by atoms with Crippen LogP contribution in [0.1, 0.15) is 27.0 Å². The average molecular weight is 475 g/mol. The molecular weight excluding hydrogens is 450 g/mol. The first-order valence-electron chi connectivity index (χ1n) is 10.0. The van der Waals surface area contributed by atoms with Crippen molar-refractivity contribution in [2.75, 3.05) is 15.9 Å². The number of benzene rings is 3. The van der Waals surface area contributed by atoms with Gasteiger partial charge >= 0.3 is 6.61 Å². The van der Waals surface area contributed by atoms with Gasteiger partial charge in [-0.05, 0) is 66.9 Å². The number of sulfonamides is 1. The molecule has 3 aromatic carbocycles. The molecule has 0 saturated carbocycles. The molecule has 6 nitrogen and oxygen atoms in total. The molecule has 1 N–H and O–H groups in total. The fraction of sp³-hybridized carbons (Fsp3) is 0.208. The summed E-state index contributed by atoms with van der Waals surface area (Å²) in [5, 5.41) is 2.56. The SMILES string of the molecule is Cc1ccc(N(Cc2cccc(C(=O)Nc3ccccc3OC(F)F)c2)S(C)(=O)=O)cc1C. The van der Waals surface area contributed by atoms with Crippen LogP contribution in [0, 0.1) is 13.8 Å². The van der Waals surface area contributed by atoms with Gasteiger partial charge in [-0.3, -0.25) is 9.10 Å². The van der Waals surface area contributed by atoms with Crippen molar-refractivity contribution < 1.29 is 26.7 Å². The Morgan fingerprint density at radius 1 is 1.00 bits per heavy atom. The molecule has 0 atom stereocenters. The molecule has 1 amide bonds. The molecule has 0 fully saturated rings. The number of nitrogens with one attached hydrogen (secondary N) is 1. The Morgan fingerprint density at radius 3 is 2.39 bits per heavy atom. The summed E-state index contributed by atoms with van der Waals surface area (Å²) in [5.41, 5.74) is 3.45. The number of para-hydroxylation sites is 2. The summed E-state index contributed by atoms with van der Waals surface area (Å²) in [4.78, 5) is 12.8. The van der Waals surface area contributed by atoms with Crippen molar-refractivity contribution in [2.45, 2.75) is 27.0 Å². The number of alkyl halides is 2. The average Bonchev–Trinajstić information content (AvgIpc) is 2.74. The zero-order valence-corrected chi connectivity index (χ0v) is 19.2. The Labute approximate surface area is 191 Å². The number of hydrogen-bond donors (Lipinski definition) is 1. The van der Waals surface area contributed by atoms with E-state index in [0.29, 0.717) is 11.3 Å². The number of carbonyl (C=O) groups is 1. The van der Waals surface area contributed by atoms with Crippen LogP contribution >= 0.6 is 0 Å². The lowest BCUT2D eigenvalue weighted by Gasteiger charge is -2.23. The van der Waals surface area contributed by atoms with E-state index in [1.54, 1.807) is 42.5 Å². The lowest BCUT2D eigenvalue weighted by atomic mass is 10.1. The van der Waals surface area contributed by atoms with E-state index >= 15 is 0 Å². The molecule has 3 rings (SSSR count). The van der Waals surface area contributed by atoms with E-state index < -0.39 is 22.5 Å². The van der Waals surface area contributed by atoms with Crippen LogP contribution in [-0.2, 0) is 16.6 Å². The molecule has 9 heteroatoms. The van der Waals surface area contributed by atoms with Crippen molar-refractivity contribution in [3.05, 3.63) is 89.0 Å². The normalized spacial score (nSPS) is 11.3. The second kappa shape index (κ2) is 9.99. The zero-order valence-electron chi connectivity index (χ0n) is 18.4. The first-order chi connectivity index (χ1) is 15.5. The molecule has 0 heterocycles. The number of nitrogens with zero attached hydrogens (tertiary/aromatic N) is 1. The van der Waals surface area contributed by atoms with Gasteiger partial charge in [0.2, 0.25) is 10.0 Å². The molecule has 0 aliphatic carbocycles. The summed E-state index contributed by atoms with van der Waals surface area (Å²) in [7, 11) is -3.60. The molecule has 0 aliphatic rings. The highest BCUT2D eigenvalue weighted by atomic mass is 32.2. The molecular formula is C24H24F2N2O4S. The zero-order chi connectivity index (χ0) is 24.2. The quantitative estimate of drug-likeness (QED) is 0.492. The highest BCUT2D eigenvalue weighted by molar-refractivity contribution is 7.92. The molecule has 0 radical (unpaired) electrons. The van der Waals surface area contributed by atoms with E-state index in [1.807, 2.05) is 19.9 Å². The number of rotatable bonds is 8. The van der Waals surface area contributed by atoms with E-state index in [4.69, 9.17) is 0 Å². The van der Waals surface area contributed by atoms with Crippen molar-refractivity contribution in [3.63, 3.8) is 0 Å². The highest BCUT2D eigenvalue weighted by Gasteiger charge is 2.19. The number of carbonyl (C=O) groups excluding carboxylic acids is 1. The third kappa shape index (κ3) is 6.29. The maximum Gasteiger partial charge on any atom is 0.387 e. The van der Waals surface area contributed by atoms with E-state index in [2.05, 4.69) is 10.1 Å². The minimum Gasteiger partial charge on any atom is -0.433 e. The Balaban J connectivity index is 1.85. The largest absolute Gasteiger partial charge is 0.433 e. The van der Waals surface area contributed by atoms with Crippen LogP contribution in [-0.4, -0.2) is 27.2 Å². The van der Waals surface area contributed by atoms with Gasteiger partial charge in [-0.1, -0.05) is 30.3 Å². The number of halogens is 2. The smallest absolute Gasteiger partial charge is 0.387 e. The predicted octanol–water partition coefficient (Wildman–Crippen LogP) is 5.12. The van der Waals surface area contributed by atoms with E-state index in [0.717, 1.165) is 17.4 Å². The number of amides is 1. The highest BCUT2D eigenvalue weighted by Crippen LogP contribution is 2.27. The first kappa shape index (κ1) is 24.2. The maximum atomic E-state index is 12.8. The van der Waals surface area contributed by atoms with Crippen molar-refractivity contribution in [3.8, 4) is 5.75 Å². The van der Waals surface area contributed by atoms with Gasteiger partial charge < -0.3 is 10.1 Å². The van der Waals surface area contributed by atoms with Crippen LogP contribution in [0.4, 0.5) is 20.2 Å². The summed E-state index contributed by atoms with van der Waals surface area (Å²) < 4.78 is 55.9. The van der Waals surface area contributed by atoms with E-state index in [9.17, 15) is 22.0 Å². The Kier molecular flexibility index (Phi) is 7.33. The number of aryl methyl sites for hydroxylation is 2. The second-order valence-corrected chi connectivity index (χ2v) is 9.47. The lowest BCUT2D eigenvalue weighted by Crippen LogP contribution is -2.29. The summed E-state index contributed by atoms with van der Waals surface area (Å²) in [6.45, 7) is 0.836. The standard InChI is InChI=1S/C24H24F2N2O4S/c1-16-11-12-20(13-17(16)2)28(33(3,30)31)15-18-7-6-8-19(14-18)23(29)27-21-9-4-5-10-22(21)32-24(25)26/h4-14,24H,15H2,1-3H3,(H,27,29). The van der Waals surface area contributed by atoms with Crippen molar-refractivity contribution >= 4 is 27.3 Å². The summed E-state index contributed by atoms with van der Waals surface area (Å²) in [6, 6.07) is 17.7. The van der Waals surface area contributed by atoms with Crippen LogP contribution in [0.5, 0.6) is 5.75 Å². The molecule has 33 heavy (non-hydrogen) atoms. The van der Waals surface area contributed by atoms with Crippen LogP contribution in [0.3, 0.4) is 0 Å². The lowest BCUT2D eigenvalue weighted by molar-refractivity contribution is -0.0493. The van der Waals surface area contributed by atoms with Crippen LogP contribution < -0.4 is 14.4 Å². The molecule has 0 unspecified atom stereocenters. The van der Waals surface area contributed by atoms with Gasteiger partial charge in [0.25, 0.3) is 5.91 Å². The fourth-order valence-corrected chi connectivity index (χ4v) is 4.10. The van der Waals surface area contributed by atoms with Crippen LogP contribution in [0.25, 0.3) is 0 Å². The van der Waals surface area contributed by atoms with Crippen molar-refractivity contribution in [2.24, 2.45) is 0 Å². The minimum absolute atomic E-state index is 0.0214. The minimum atomic E-state index is -3.60. The second-order valence-electron chi connectivity index (χ2n) is 7.57. The van der Waals surface area contributed by atoms with E-state index in [-0.39, 0.29) is 23.5 Å². The molecule has 0 saturated heterocycles. The monoisotopic (exact) mass is 474 g/mol. The van der Waals surface area contributed by atoms with Gasteiger partial charge in [0.1, 0.15) is 5.75 Å². The molecule has 0 bridgehead atoms. The van der Waals surface area contributed by atoms with E-state index in [1.165, 1.54) is 22.5 Å². The number of anilines is 2. The Bertz CT molecular complexity index is 1260. The maximum absolute atomic E-state index is 12.8. The Hall–Kier alpha value is -3.46. The third-order valence-corrected chi connectivity index (χ3v) is 6.19. The van der Waals surface area contributed by atoms with Gasteiger partial charge in [0.15, 0.2) is 0 Å². The van der Waals surface area contributed by atoms with Crippen LogP contribution in [0.2, 0.25) is 0 Å². The number of ether oxygens (including phenoxy) is 1. The van der Waals surface area contributed by atoms with Gasteiger partial charge in [0, 0.05) is 5.56 Å². The van der Waals surface area contributed by atoms with Gasteiger partial charge in [-0.15, -0.1) is 0 Å². The first-order valence-corrected chi connectivity index (χ1v) is 11.9. The molecule has 0 spiro atoms. The van der Waals surface area contributed by atoms with Gasteiger partial charge in [-0.25, -0.2) is 8.42 Å². The van der Waals surface area contributed by atoms with Crippen LogP contribution in [0.15, 0.2) is 66.7 Å². The van der Waals surface area contributed by atoms with Gasteiger partial charge in [0.05, 0.1) is 24.2 Å². The summed E-state index contributed by atoms with van der Waals surface area (Å²) in [6.07, 6.45) is 1.12. The summed E-state index contributed by atoms with van der Waals surface area (Å²) in [5.74, 6) is -0.700. The fourth-order valence-electron chi connectivity index (χ4n) is 3.22. The van der Waals surface area contributed by atoms with Gasteiger partial charge in [-0.2, -0.15) is 8.78 Å². The van der Waals surface area contributed by atoms with Crippen molar-refractivity contribution in [1.29, 1.82) is 0 Å². The molecule has 174 valence electrons. The molecule has 0 aromatic heterocycles. The Morgan fingerprint density at radius 2 is 1.73 bits per heavy atom. The number of hydrogen-bond acceptors (Lipinski definition) is 4. The predicted molar refractivity (Wildman–Crippen MR) is 124 cm³/mol. The molecule has 0 aliphatic heterocycles. The van der Waals surface area contributed by atoms with Crippen molar-refractivity contribution in [1.82, 2.24) is 0 Å².